The highest BCUT2D eigenvalue weighted by Crippen LogP contribution is 2.52. The fraction of sp³-hybridized carbons (Fsp3) is 0.321. The zero-order chi connectivity index (χ0) is 27.5. The molecule has 3 rings (SSSR count). The second-order valence-electron chi connectivity index (χ2n) is 7.96. The van der Waals surface area contributed by atoms with Gasteiger partial charge in [-0.15, -0.1) is 0 Å². The third-order valence-electron chi connectivity index (χ3n) is 5.49. The number of rotatable bonds is 14. The van der Waals surface area contributed by atoms with Crippen LogP contribution in [0.25, 0.3) is 0 Å². The summed E-state index contributed by atoms with van der Waals surface area (Å²) < 4.78 is 33.0. The summed E-state index contributed by atoms with van der Waals surface area (Å²) in [5.74, 6) is -0.800. The molecule has 0 bridgehead atoms. The standard InChI is InChI=1S/C28H30Cl2O8/c1-33-14-16-36-26-22(30)20(21(29)25(35-3)27(26)37-17-15-34-2)23(31)28(32)38-24(18-10-6-4-7-11-18)19-12-8-5-9-13-19/h4-13,23-24,31H,14-17H2,1-3H3. The van der Waals surface area contributed by atoms with Crippen molar-refractivity contribution in [2.75, 3.05) is 47.8 Å². The number of aliphatic hydroxyl groups excluding tert-OH is 1. The smallest absolute Gasteiger partial charge is 0.340 e. The monoisotopic (exact) mass is 564 g/mol. The van der Waals surface area contributed by atoms with Crippen LogP contribution in [0.2, 0.25) is 10.0 Å². The van der Waals surface area contributed by atoms with E-state index in [1.165, 1.54) is 21.3 Å². The van der Waals surface area contributed by atoms with Crippen molar-refractivity contribution in [1.82, 2.24) is 0 Å². The predicted octanol–water partition coefficient (Wildman–Crippen LogP) is 5.42. The van der Waals surface area contributed by atoms with Gasteiger partial charge in [-0.05, 0) is 11.1 Å². The van der Waals surface area contributed by atoms with Gasteiger partial charge in [-0.3, -0.25) is 0 Å². The van der Waals surface area contributed by atoms with Crippen LogP contribution in [-0.2, 0) is 19.0 Å². The first-order valence-corrected chi connectivity index (χ1v) is 12.5. The Labute approximate surface area is 231 Å². The van der Waals surface area contributed by atoms with Crippen molar-refractivity contribution in [3.05, 3.63) is 87.4 Å². The molecule has 0 saturated heterocycles. The molecule has 0 aliphatic heterocycles. The molecule has 0 aliphatic carbocycles. The van der Waals surface area contributed by atoms with E-state index in [-0.39, 0.29) is 59.3 Å². The van der Waals surface area contributed by atoms with Crippen LogP contribution < -0.4 is 14.2 Å². The number of benzene rings is 3. The van der Waals surface area contributed by atoms with Crippen LogP contribution in [0, 0.1) is 0 Å². The maximum atomic E-state index is 13.3. The van der Waals surface area contributed by atoms with Crippen LogP contribution >= 0.6 is 23.2 Å². The minimum absolute atomic E-state index is 0.0316. The third kappa shape index (κ3) is 7.09. The molecule has 3 aromatic carbocycles. The summed E-state index contributed by atoms with van der Waals surface area (Å²) in [4.78, 5) is 13.3. The number of aliphatic hydroxyl groups is 1. The molecule has 0 fully saturated rings. The molecule has 10 heteroatoms. The largest absolute Gasteiger partial charge is 0.491 e. The first kappa shape index (κ1) is 29.5. The van der Waals surface area contributed by atoms with E-state index in [4.69, 9.17) is 51.6 Å². The lowest BCUT2D eigenvalue weighted by molar-refractivity contribution is -0.158. The highest BCUT2D eigenvalue weighted by atomic mass is 35.5. The van der Waals surface area contributed by atoms with Crippen LogP contribution in [0.4, 0.5) is 0 Å². The number of carbonyl (C=O) groups is 1. The maximum Gasteiger partial charge on any atom is 0.340 e. The molecule has 8 nitrogen and oxygen atoms in total. The number of carbonyl (C=O) groups excluding carboxylic acids is 1. The number of halogens is 2. The van der Waals surface area contributed by atoms with Gasteiger partial charge < -0.3 is 33.5 Å². The minimum Gasteiger partial charge on any atom is -0.491 e. The Kier molecular flexibility index (Phi) is 11.5. The van der Waals surface area contributed by atoms with E-state index < -0.39 is 18.2 Å². The van der Waals surface area contributed by atoms with Crippen LogP contribution in [-0.4, -0.2) is 58.8 Å². The Morgan fingerprint density at radius 3 is 1.68 bits per heavy atom. The summed E-state index contributed by atoms with van der Waals surface area (Å²) in [5.41, 5.74) is 1.31. The van der Waals surface area contributed by atoms with E-state index >= 15 is 0 Å². The van der Waals surface area contributed by atoms with Gasteiger partial charge in [-0.2, -0.15) is 0 Å². The molecule has 0 radical (unpaired) electrons. The van der Waals surface area contributed by atoms with E-state index in [1.807, 2.05) is 60.7 Å². The Bertz CT molecular complexity index is 1140. The minimum atomic E-state index is -1.86. The molecule has 204 valence electrons. The van der Waals surface area contributed by atoms with Crippen molar-refractivity contribution in [1.29, 1.82) is 0 Å². The zero-order valence-electron chi connectivity index (χ0n) is 21.3. The Hall–Kier alpha value is -3.01. The van der Waals surface area contributed by atoms with Crippen molar-refractivity contribution in [2.24, 2.45) is 0 Å². The Balaban J connectivity index is 2.01. The van der Waals surface area contributed by atoms with Gasteiger partial charge in [0.15, 0.2) is 23.7 Å². The summed E-state index contributed by atoms with van der Waals surface area (Å²) in [5, 5.41) is 10.9. The van der Waals surface area contributed by atoms with Gasteiger partial charge >= 0.3 is 5.97 Å². The second-order valence-corrected chi connectivity index (χ2v) is 8.71. The van der Waals surface area contributed by atoms with Gasteiger partial charge in [0.25, 0.3) is 0 Å². The molecule has 0 aromatic heterocycles. The third-order valence-corrected chi connectivity index (χ3v) is 6.24. The van der Waals surface area contributed by atoms with Gasteiger partial charge in [0.05, 0.1) is 30.4 Å². The number of esters is 1. The molecule has 1 atom stereocenters. The lowest BCUT2D eigenvalue weighted by Crippen LogP contribution is -2.21. The molecule has 3 aromatic rings. The van der Waals surface area contributed by atoms with Crippen molar-refractivity contribution in [3.8, 4) is 17.2 Å². The molecule has 0 spiro atoms. The van der Waals surface area contributed by atoms with Crippen molar-refractivity contribution in [2.45, 2.75) is 12.2 Å². The summed E-state index contributed by atoms with van der Waals surface area (Å²) in [6, 6.07) is 18.4. The van der Waals surface area contributed by atoms with Crippen LogP contribution in [0.1, 0.15) is 28.9 Å². The number of hydrogen-bond acceptors (Lipinski definition) is 8. The summed E-state index contributed by atoms with van der Waals surface area (Å²) in [7, 11) is 4.41. The van der Waals surface area contributed by atoms with E-state index in [0.717, 1.165) is 11.1 Å². The molecule has 1 unspecified atom stereocenters. The number of hydrogen-bond donors (Lipinski definition) is 1. The first-order chi connectivity index (χ1) is 18.4. The second kappa shape index (κ2) is 14.8. The molecule has 0 saturated carbocycles. The van der Waals surface area contributed by atoms with Crippen LogP contribution in [0.5, 0.6) is 17.2 Å². The molecular formula is C28H30Cl2O8. The summed E-state index contributed by atoms with van der Waals surface area (Å²) in [6.07, 6.45) is -2.65. The average Bonchev–Trinajstić information content (AvgIpc) is 2.94. The van der Waals surface area contributed by atoms with Crippen molar-refractivity contribution >= 4 is 29.2 Å². The molecule has 1 N–H and O–H groups in total. The fourth-order valence-corrected chi connectivity index (χ4v) is 4.41. The maximum absolute atomic E-state index is 13.3. The van der Waals surface area contributed by atoms with Gasteiger partial charge in [0.1, 0.15) is 13.2 Å². The van der Waals surface area contributed by atoms with E-state index in [2.05, 4.69) is 0 Å². The molecular weight excluding hydrogens is 535 g/mol. The van der Waals surface area contributed by atoms with Gasteiger partial charge in [-0.25, -0.2) is 4.79 Å². The number of methoxy groups -OCH3 is 3. The van der Waals surface area contributed by atoms with Gasteiger partial charge in [0, 0.05) is 19.8 Å². The first-order valence-electron chi connectivity index (χ1n) is 11.7. The normalized spacial score (nSPS) is 11.8. The zero-order valence-corrected chi connectivity index (χ0v) is 22.8. The van der Waals surface area contributed by atoms with Crippen LogP contribution in [0.3, 0.4) is 0 Å². The van der Waals surface area contributed by atoms with Crippen molar-refractivity contribution < 1.29 is 38.3 Å². The topological polar surface area (TPSA) is 92.7 Å². The van der Waals surface area contributed by atoms with E-state index in [1.54, 1.807) is 0 Å². The highest BCUT2D eigenvalue weighted by Gasteiger charge is 2.34. The van der Waals surface area contributed by atoms with Gasteiger partial charge in [-0.1, -0.05) is 83.9 Å². The summed E-state index contributed by atoms with van der Waals surface area (Å²) in [6.45, 7) is 0.757. The Morgan fingerprint density at radius 1 is 0.737 bits per heavy atom. The van der Waals surface area contributed by atoms with E-state index in [0.29, 0.717) is 0 Å². The van der Waals surface area contributed by atoms with Gasteiger partial charge in [0.2, 0.25) is 5.75 Å². The summed E-state index contributed by atoms with van der Waals surface area (Å²) >= 11 is 13.3. The van der Waals surface area contributed by atoms with Crippen molar-refractivity contribution in [3.63, 3.8) is 0 Å². The molecule has 38 heavy (non-hydrogen) atoms. The quantitative estimate of drug-likeness (QED) is 0.205. The fourth-order valence-electron chi connectivity index (χ4n) is 3.66. The van der Waals surface area contributed by atoms with Crippen LogP contribution in [0.15, 0.2) is 60.7 Å². The Morgan fingerprint density at radius 2 is 1.21 bits per heavy atom. The van der Waals surface area contributed by atoms with E-state index in [9.17, 15) is 9.90 Å². The lowest BCUT2D eigenvalue weighted by Gasteiger charge is -2.24. The molecule has 0 aliphatic rings. The average molecular weight is 565 g/mol. The lowest BCUT2D eigenvalue weighted by atomic mass is 10.0. The molecule has 0 heterocycles. The number of ether oxygens (including phenoxy) is 6. The molecule has 0 amide bonds. The SMILES string of the molecule is COCCOc1c(Cl)c(C(O)C(=O)OC(c2ccccc2)c2ccccc2)c(Cl)c(OC)c1OCCOC. The predicted molar refractivity (Wildman–Crippen MR) is 144 cm³/mol. The highest BCUT2D eigenvalue weighted by molar-refractivity contribution is 6.38.